The second-order valence-corrected chi connectivity index (χ2v) is 3.87. The van der Waals surface area contributed by atoms with Crippen molar-refractivity contribution in [3.05, 3.63) is 47.0 Å². The highest BCUT2D eigenvalue weighted by Crippen LogP contribution is 2.15. The van der Waals surface area contributed by atoms with Gasteiger partial charge in [-0.2, -0.15) is 0 Å². The van der Waals surface area contributed by atoms with Gasteiger partial charge in [0.25, 0.3) is 0 Å². The van der Waals surface area contributed by atoms with Gasteiger partial charge in [0.1, 0.15) is 0 Å². The number of nitrogens with zero attached hydrogens (tertiary/aromatic N) is 2. The molecule has 1 aromatic heterocycles. The van der Waals surface area contributed by atoms with Crippen LogP contribution in [0.15, 0.2) is 41.3 Å². The van der Waals surface area contributed by atoms with E-state index in [1.54, 1.807) is 6.33 Å². The molecule has 3 nitrogen and oxygen atoms in total. The van der Waals surface area contributed by atoms with Crippen LogP contribution in [-0.2, 0) is 6.54 Å². The molecule has 0 aliphatic carbocycles. The molecule has 0 amide bonds. The fraction of sp³-hybridized carbons (Fsp3) is 0.100. The molecule has 1 heterocycles. The molecule has 2 N–H and O–H groups in total. The fourth-order valence-electron chi connectivity index (χ4n) is 1.25. The maximum absolute atomic E-state index is 5.49. The Balaban J connectivity index is 2.39. The molecule has 0 bridgehead atoms. The zero-order valence-corrected chi connectivity index (χ0v) is 9.11. The smallest absolute Gasteiger partial charge is 0.0995 e. The number of benzene rings is 1. The molecule has 72 valence electrons. The lowest BCUT2D eigenvalue weighted by Gasteiger charge is -2.01. The molecule has 0 atom stereocenters. The predicted octanol–water partition coefficient (Wildman–Crippen LogP) is 2.09. The molecule has 0 aliphatic heterocycles. The first-order valence-electron chi connectivity index (χ1n) is 4.28. The standard InChI is InChI=1S/C10H10BrN3/c11-8-2-1-3-10(4-8)14-6-9(5-12)13-7-14/h1-4,6-7H,5,12H2. The van der Waals surface area contributed by atoms with E-state index in [2.05, 4.69) is 20.9 Å². The minimum absolute atomic E-state index is 0.473. The number of rotatable bonds is 2. The van der Waals surface area contributed by atoms with Gasteiger partial charge >= 0.3 is 0 Å². The second-order valence-electron chi connectivity index (χ2n) is 2.96. The normalized spacial score (nSPS) is 10.4. The van der Waals surface area contributed by atoms with Crippen molar-refractivity contribution in [1.29, 1.82) is 0 Å². The topological polar surface area (TPSA) is 43.8 Å². The fourth-order valence-corrected chi connectivity index (χ4v) is 1.63. The molecule has 0 fully saturated rings. The van der Waals surface area contributed by atoms with E-state index in [-0.39, 0.29) is 0 Å². The average molecular weight is 252 g/mol. The van der Waals surface area contributed by atoms with Gasteiger partial charge in [-0.15, -0.1) is 0 Å². The molecule has 0 unspecified atom stereocenters. The Bertz CT molecular complexity index is 436. The predicted molar refractivity (Wildman–Crippen MR) is 59.2 cm³/mol. The van der Waals surface area contributed by atoms with Gasteiger partial charge in [0.2, 0.25) is 0 Å². The number of aromatic nitrogens is 2. The van der Waals surface area contributed by atoms with E-state index in [0.717, 1.165) is 15.9 Å². The first-order valence-corrected chi connectivity index (χ1v) is 5.08. The van der Waals surface area contributed by atoms with Crippen LogP contribution in [0.1, 0.15) is 5.69 Å². The van der Waals surface area contributed by atoms with Gasteiger partial charge in [-0.3, -0.25) is 0 Å². The second kappa shape index (κ2) is 3.94. The van der Waals surface area contributed by atoms with Crippen LogP contribution in [0.25, 0.3) is 5.69 Å². The first kappa shape index (κ1) is 9.43. The van der Waals surface area contributed by atoms with Crippen molar-refractivity contribution in [2.45, 2.75) is 6.54 Å². The van der Waals surface area contributed by atoms with E-state index in [4.69, 9.17) is 5.73 Å². The van der Waals surface area contributed by atoms with Gasteiger partial charge < -0.3 is 10.3 Å². The summed E-state index contributed by atoms with van der Waals surface area (Å²) in [5.41, 5.74) is 7.46. The summed E-state index contributed by atoms with van der Waals surface area (Å²) in [5, 5.41) is 0. The van der Waals surface area contributed by atoms with Crippen LogP contribution in [0.2, 0.25) is 0 Å². The summed E-state index contributed by atoms with van der Waals surface area (Å²) in [7, 11) is 0. The van der Waals surface area contributed by atoms with Crippen molar-refractivity contribution in [2.75, 3.05) is 0 Å². The molecule has 0 saturated carbocycles. The maximum Gasteiger partial charge on any atom is 0.0995 e. The zero-order valence-electron chi connectivity index (χ0n) is 7.52. The number of halogens is 1. The van der Waals surface area contributed by atoms with E-state index in [0.29, 0.717) is 6.54 Å². The van der Waals surface area contributed by atoms with E-state index >= 15 is 0 Å². The Hall–Kier alpha value is -1.13. The Morgan fingerprint density at radius 1 is 1.43 bits per heavy atom. The summed E-state index contributed by atoms with van der Waals surface area (Å²) in [6, 6.07) is 8.03. The maximum atomic E-state index is 5.49. The van der Waals surface area contributed by atoms with Crippen LogP contribution >= 0.6 is 15.9 Å². The summed E-state index contributed by atoms with van der Waals surface area (Å²) < 4.78 is 3.01. The molecular weight excluding hydrogens is 242 g/mol. The molecule has 0 saturated heterocycles. The molecular formula is C10H10BrN3. The molecule has 0 aliphatic rings. The van der Waals surface area contributed by atoms with Crippen molar-refractivity contribution in [1.82, 2.24) is 9.55 Å². The van der Waals surface area contributed by atoms with Crippen LogP contribution in [0, 0.1) is 0 Å². The van der Waals surface area contributed by atoms with Gasteiger partial charge in [-0.05, 0) is 18.2 Å². The largest absolute Gasteiger partial charge is 0.325 e. The summed E-state index contributed by atoms with van der Waals surface area (Å²) in [5.74, 6) is 0. The zero-order chi connectivity index (χ0) is 9.97. The van der Waals surface area contributed by atoms with E-state index < -0.39 is 0 Å². The molecule has 1 aromatic carbocycles. The summed E-state index contributed by atoms with van der Waals surface area (Å²) in [4.78, 5) is 4.16. The molecule has 0 radical (unpaired) electrons. The van der Waals surface area contributed by atoms with Gasteiger partial charge in [0.15, 0.2) is 0 Å². The SMILES string of the molecule is NCc1cn(-c2cccc(Br)c2)cn1. The van der Waals surface area contributed by atoms with Crippen LogP contribution in [0.4, 0.5) is 0 Å². The van der Waals surface area contributed by atoms with Crippen LogP contribution in [0.3, 0.4) is 0 Å². The summed E-state index contributed by atoms with van der Waals surface area (Å²) in [6.45, 7) is 0.473. The van der Waals surface area contributed by atoms with E-state index in [1.165, 1.54) is 0 Å². The Labute approximate surface area is 90.7 Å². The number of imidazole rings is 1. The Morgan fingerprint density at radius 3 is 2.93 bits per heavy atom. The number of nitrogens with two attached hydrogens (primary N) is 1. The van der Waals surface area contributed by atoms with Gasteiger partial charge in [0.05, 0.1) is 12.0 Å². The first-order chi connectivity index (χ1) is 6.79. The summed E-state index contributed by atoms with van der Waals surface area (Å²) >= 11 is 3.42. The highest BCUT2D eigenvalue weighted by molar-refractivity contribution is 9.10. The van der Waals surface area contributed by atoms with Crippen LogP contribution in [0.5, 0.6) is 0 Å². The Kier molecular flexibility index (Phi) is 2.65. The van der Waals surface area contributed by atoms with Crippen LogP contribution in [-0.4, -0.2) is 9.55 Å². The highest BCUT2D eigenvalue weighted by Gasteiger charge is 1.99. The van der Waals surface area contributed by atoms with Gasteiger partial charge in [-0.25, -0.2) is 4.98 Å². The van der Waals surface area contributed by atoms with Crippen molar-refractivity contribution in [2.24, 2.45) is 5.73 Å². The quantitative estimate of drug-likeness (QED) is 0.889. The van der Waals surface area contributed by atoms with Crippen molar-refractivity contribution < 1.29 is 0 Å². The molecule has 14 heavy (non-hydrogen) atoms. The van der Waals surface area contributed by atoms with E-state index in [9.17, 15) is 0 Å². The molecule has 2 aromatic rings. The van der Waals surface area contributed by atoms with Gasteiger partial charge in [0, 0.05) is 22.9 Å². The lowest BCUT2D eigenvalue weighted by molar-refractivity contribution is 1.01. The number of hydrogen-bond donors (Lipinski definition) is 1. The molecule has 4 heteroatoms. The minimum atomic E-state index is 0.473. The monoisotopic (exact) mass is 251 g/mol. The van der Waals surface area contributed by atoms with E-state index in [1.807, 2.05) is 35.0 Å². The molecule has 0 spiro atoms. The number of hydrogen-bond acceptors (Lipinski definition) is 2. The van der Waals surface area contributed by atoms with Gasteiger partial charge in [-0.1, -0.05) is 22.0 Å². The van der Waals surface area contributed by atoms with Crippen LogP contribution < -0.4 is 5.73 Å². The third kappa shape index (κ3) is 1.86. The molecule has 2 rings (SSSR count). The van der Waals surface area contributed by atoms with Crippen molar-refractivity contribution >= 4 is 15.9 Å². The summed E-state index contributed by atoms with van der Waals surface area (Å²) in [6.07, 6.45) is 3.70. The highest BCUT2D eigenvalue weighted by atomic mass is 79.9. The third-order valence-electron chi connectivity index (χ3n) is 1.95. The third-order valence-corrected chi connectivity index (χ3v) is 2.44. The minimum Gasteiger partial charge on any atom is -0.325 e. The lowest BCUT2D eigenvalue weighted by Crippen LogP contribution is -1.95. The Morgan fingerprint density at radius 2 is 2.29 bits per heavy atom. The average Bonchev–Trinajstić information content (AvgIpc) is 2.66. The lowest BCUT2D eigenvalue weighted by atomic mass is 10.3. The van der Waals surface area contributed by atoms with Crippen molar-refractivity contribution in [3.63, 3.8) is 0 Å². The van der Waals surface area contributed by atoms with Crippen molar-refractivity contribution in [3.8, 4) is 5.69 Å².